The summed E-state index contributed by atoms with van der Waals surface area (Å²) in [7, 11) is 2.77. The molecule has 0 aliphatic rings. The smallest absolute Gasteiger partial charge is 0.187 e. The molecule has 0 radical (unpaired) electrons. The standard InChI is InChI=1S/C24H21N4PS2/c29-21-7-3-1-5-18(21)20-15-30-24(28-20)26-17-11-9-16(10-12-17)13-14-25-23-27-19-6-2-4-8-22(19)31-23/h1-12,15H,13-14,29H2,(H,25,27)(H,26,28). The molecule has 0 bridgehead atoms. The Labute approximate surface area is 191 Å². The highest BCUT2D eigenvalue weighted by molar-refractivity contribution is 7.28. The maximum atomic E-state index is 4.74. The van der Waals surface area contributed by atoms with Gasteiger partial charge in [-0.3, -0.25) is 0 Å². The summed E-state index contributed by atoms with van der Waals surface area (Å²) in [5, 5.41) is 12.0. The third-order valence-corrected chi connectivity index (χ3v) is 7.19. The quantitative estimate of drug-likeness (QED) is 0.279. The van der Waals surface area contributed by atoms with Crippen LogP contribution in [-0.2, 0) is 6.42 Å². The molecule has 154 valence electrons. The molecular formula is C24H21N4PS2. The van der Waals surface area contributed by atoms with Gasteiger partial charge in [0.1, 0.15) is 0 Å². The van der Waals surface area contributed by atoms with Crippen LogP contribution in [0.5, 0.6) is 0 Å². The Hall–Kier alpha value is -2.79. The molecule has 7 heteroatoms. The summed E-state index contributed by atoms with van der Waals surface area (Å²) in [6.45, 7) is 0.858. The topological polar surface area (TPSA) is 49.8 Å². The van der Waals surface area contributed by atoms with Gasteiger partial charge >= 0.3 is 0 Å². The number of anilines is 3. The number of hydrogen-bond donors (Lipinski definition) is 2. The maximum absolute atomic E-state index is 4.74. The van der Waals surface area contributed by atoms with Gasteiger partial charge < -0.3 is 10.6 Å². The van der Waals surface area contributed by atoms with Gasteiger partial charge in [0.2, 0.25) is 0 Å². The minimum absolute atomic E-state index is 0.858. The predicted octanol–water partition coefficient (Wildman–Crippen LogP) is 6.32. The summed E-state index contributed by atoms with van der Waals surface area (Å²) in [5.41, 5.74) is 5.53. The van der Waals surface area contributed by atoms with E-state index < -0.39 is 0 Å². The van der Waals surface area contributed by atoms with Gasteiger partial charge in [-0.05, 0) is 41.6 Å². The van der Waals surface area contributed by atoms with E-state index >= 15 is 0 Å². The average Bonchev–Trinajstić information content (AvgIpc) is 3.42. The Kier molecular flexibility index (Phi) is 5.94. The molecule has 2 aromatic heterocycles. The fraction of sp³-hybridized carbons (Fsp3) is 0.0833. The first-order valence-electron chi connectivity index (χ1n) is 10.0. The molecule has 31 heavy (non-hydrogen) atoms. The summed E-state index contributed by atoms with van der Waals surface area (Å²) >= 11 is 3.32. The van der Waals surface area contributed by atoms with Crippen LogP contribution in [0.4, 0.5) is 16.0 Å². The van der Waals surface area contributed by atoms with Gasteiger partial charge in [0.15, 0.2) is 10.3 Å². The van der Waals surface area contributed by atoms with Crippen LogP contribution in [0.15, 0.2) is 78.2 Å². The lowest BCUT2D eigenvalue weighted by atomic mass is 10.1. The second-order valence-corrected chi connectivity index (χ2v) is 9.62. The molecule has 0 fully saturated rings. The third kappa shape index (κ3) is 4.77. The van der Waals surface area contributed by atoms with Crippen LogP contribution in [0.1, 0.15) is 5.56 Å². The van der Waals surface area contributed by atoms with E-state index in [4.69, 9.17) is 4.98 Å². The fourth-order valence-corrected chi connectivity index (χ4v) is 5.30. The molecule has 1 atom stereocenters. The second kappa shape index (κ2) is 9.15. The van der Waals surface area contributed by atoms with E-state index in [1.807, 2.05) is 30.3 Å². The SMILES string of the molecule is Pc1ccccc1-c1csc(Nc2ccc(CCNc3nc4ccccc4s3)cc2)n1. The Balaban J connectivity index is 1.17. The monoisotopic (exact) mass is 460 g/mol. The van der Waals surface area contributed by atoms with Crippen LogP contribution in [0, 0.1) is 0 Å². The molecule has 3 aromatic carbocycles. The zero-order chi connectivity index (χ0) is 21.0. The average molecular weight is 461 g/mol. The molecule has 5 aromatic rings. The van der Waals surface area contributed by atoms with Crippen LogP contribution in [0.2, 0.25) is 0 Å². The first-order chi connectivity index (χ1) is 15.2. The highest BCUT2D eigenvalue weighted by Crippen LogP contribution is 2.28. The lowest BCUT2D eigenvalue weighted by molar-refractivity contribution is 1.02. The summed E-state index contributed by atoms with van der Waals surface area (Å²) in [6, 6.07) is 25.0. The van der Waals surface area contributed by atoms with Gasteiger partial charge in [0, 0.05) is 23.2 Å². The van der Waals surface area contributed by atoms with E-state index in [0.717, 1.165) is 51.0 Å². The molecule has 0 saturated heterocycles. The molecule has 4 nitrogen and oxygen atoms in total. The van der Waals surface area contributed by atoms with Crippen molar-refractivity contribution in [3.63, 3.8) is 0 Å². The van der Waals surface area contributed by atoms with Crippen molar-refractivity contribution < 1.29 is 0 Å². The zero-order valence-corrected chi connectivity index (χ0v) is 19.5. The largest absolute Gasteiger partial charge is 0.361 e. The van der Waals surface area contributed by atoms with E-state index in [1.54, 1.807) is 22.7 Å². The lowest BCUT2D eigenvalue weighted by Gasteiger charge is -2.06. The van der Waals surface area contributed by atoms with Crippen molar-refractivity contribution in [1.82, 2.24) is 9.97 Å². The molecule has 0 spiro atoms. The zero-order valence-electron chi connectivity index (χ0n) is 16.7. The van der Waals surface area contributed by atoms with E-state index in [9.17, 15) is 0 Å². The molecule has 2 heterocycles. The van der Waals surface area contributed by atoms with Crippen molar-refractivity contribution in [2.24, 2.45) is 0 Å². The van der Waals surface area contributed by atoms with Crippen molar-refractivity contribution in [1.29, 1.82) is 0 Å². The highest BCUT2D eigenvalue weighted by atomic mass is 32.1. The minimum atomic E-state index is 0.858. The lowest BCUT2D eigenvalue weighted by Crippen LogP contribution is -2.04. The van der Waals surface area contributed by atoms with Gasteiger partial charge in [-0.25, -0.2) is 9.97 Å². The normalized spacial score (nSPS) is 11.0. The Morgan fingerprint density at radius 1 is 0.839 bits per heavy atom. The molecule has 1 unspecified atom stereocenters. The van der Waals surface area contributed by atoms with E-state index in [0.29, 0.717) is 0 Å². The minimum Gasteiger partial charge on any atom is -0.361 e. The first-order valence-corrected chi connectivity index (χ1v) is 12.3. The van der Waals surface area contributed by atoms with Gasteiger partial charge in [-0.15, -0.1) is 20.6 Å². The second-order valence-electron chi connectivity index (χ2n) is 7.11. The maximum Gasteiger partial charge on any atom is 0.187 e. The predicted molar refractivity (Wildman–Crippen MR) is 138 cm³/mol. The number of benzene rings is 3. The van der Waals surface area contributed by atoms with E-state index in [-0.39, 0.29) is 0 Å². The number of rotatable bonds is 7. The number of hydrogen-bond acceptors (Lipinski definition) is 6. The summed E-state index contributed by atoms with van der Waals surface area (Å²) in [5.74, 6) is 0. The van der Waals surface area contributed by atoms with Crippen molar-refractivity contribution in [3.05, 3.63) is 83.7 Å². The summed E-state index contributed by atoms with van der Waals surface area (Å²) < 4.78 is 1.21. The summed E-state index contributed by atoms with van der Waals surface area (Å²) in [4.78, 5) is 9.36. The molecule has 0 saturated carbocycles. The number of thiazole rings is 2. The van der Waals surface area contributed by atoms with E-state index in [2.05, 4.69) is 72.7 Å². The summed E-state index contributed by atoms with van der Waals surface area (Å²) in [6.07, 6.45) is 0.947. The van der Waals surface area contributed by atoms with Crippen molar-refractivity contribution in [3.8, 4) is 11.3 Å². The number of nitrogens with one attached hydrogen (secondary N) is 2. The van der Waals surface area contributed by atoms with Crippen LogP contribution < -0.4 is 15.9 Å². The third-order valence-electron chi connectivity index (χ3n) is 4.93. The number of aromatic nitrogens is 2. The molecule has 0 amide bonds. The Morgan fingerprint density at radius 3 is 2.48 bits per heavy atom. The highest BCUT2D eigenvalue weighted by Gasteiger charge is 2.07. The van der Waals surface area contributed by atoms with Gasteiger partial charge in [0.25, 0.3) is 0 Å². The van der Waals surface area contributed by atoms with Crippen molar-refractivity contribution in [2.45, 2.75) is 6.42 Å². The van der Waals surface area contributed by atoms with Gasteiger partial charge in [0.05, 0.1) is 15.9 Å². The molecule has 0 aliphatic carbocycles. The van der Waals surface area contributed by atoms with Crippen LogP contribution in [-0.4, -0.2) is 16.5 Å². The fourth-order valence-electron chi connectivity index (χ4n) is 3.32. The first kappa shape index (κ1) is 20.1. The van der Waals surface area contributed by atoms with Gasteiger partial charge in [-0.1, -0.05) is 59.9 Å². The number of fused-ring (bicyclic) bond motifs is 1. The van der Waals surface area contributed by atoms with Crippen molar-refractivity contribution in [2.75, 3.05) is 17.2 Å². The van der Waals surface area contributed by atoms with Crippen LogP contribution >= 0.6 is 31.9 Å². The molecule has 2 N–H and O–H groups in total. The number of nitrogens with zero attached hydrogens (tertiary/aromatic N) is 2. The Bertz CT molecular complexity index is 1280. The van der Waals surface area contributed by atoms with Crippen molar-refractivity contribution >= 4 is 63.4 Å². The van der Waals surface area contributed by atoms with Crippen LogP contribution in [0.3, 0.4) is 0 Å². The molecular weight excluding hydrogens is 439 g/mol. The Morgan fingerprint density at radius 2 is 1.65 bits per heavy atom. The van der Waals surface area contributed by atoms with E-state index in [1.165, 1.54) is 10.3 Å². The molecule has 5 rings (SSSR count). The van der Waals surface area contributed by atoms with Gasteiger partial charge in [-0.2, -0.15) is 0 Å². The molecule has 0 aliphatic heterocycles. The number of para-hydroxylation sites is 1. The van der Waals surface area contributed by atoms with Crippen LogP contribution in [0.25, 0.3) is 21.5 Å².